The molecule has 0 aliphatic heterocycles. The van der Waals surface area contributed by atoms with Gasteiger partial charge >= 0.3 is 5.97 Å². The van der Waals surface area contributed by atoms with E-state index in [0.717, 1.165) is 25.1 Å². The fourth-order valence-electron chi connectivity index (χ4n) is 1.97. The van der Waals surface area contributed by atoms with Gasteiger partial charge in [-0.3, -0.25) is 9.69 Å². The number of nitrogens with zero attached hydrogens (tertiary/aromatic N) is 1. The smallest absolute Gasteiger partial charge is 0.303 e. The lowest BCUT2D eigenvalue weighted by Crippen LogP contribution is -2.23. The number of hydrogen-bond donors (Lipinski definition) is 1. The Morgan fingerprint density at radius 2 is 1.90 bits per heavy atom. The first-order chi connectivity index (χ1) is 9.04. The molecule has 20 heavy (non-hydrogen) atoms. The van der Waals surface area contributed by atoms with E-state index in [0.29, 0.717) is 6.04 Å². The summed E-state index contributed by atoms with van der Waals surface area (Å²) in [5, 5.41) is 8.59. The molecule has 0 bridgehead atoms. The number of carboxylic acid groups (broad SMARTS) is 1. The maximum Gasteiger partial charge on any atom is 0.303 e. The van der Waals surface area contributed by atoms with Crippen LogP contribution in [-0.2, 0) is 4.79 Å². The Morgan fingerprint density at radius 3 is 2.40 bits per heavy atom. The Morgan fingerprint density at radius 1 is 1.30 bits per heavy atom. The number of methoxy groups -OCH3 is 1. The lowest BCUT2D eigenvalue weighted by atomic mass is 10.1. The van der Waals surface area contributed by atoms with E-state index in [-0.39, 0.29) is 18.8 Å². The summed E-state index contributed by atoms with van der Waals surface area (Å²) in [5.74, 6) is 0.144. The van der Waals surface area contributed by atoms with Crippen LogP contribution in [0.15, 0.2) is 24.3 Å². The van der Waals surface area contributed by atoms with Crippen molar-refractivity contribution >= 4 is 18.4 Å². The van der Waals surface area contributed by atoms with Crippen LogP contribution < -0.4 is 4.74 Å². The number of benzene rings is 1. The van der Waals surface area contributed by atoms with E-state index in [2.05, 4.69) is 31.0 Å². The van der Waals surface area contributed by atoms with Crippen molar-refractivity contribution in [3.63, 3.8) is 0 Å². The number of aliphatic carboxylic acids is 1. The lowest BCUT2D eigenvalue weighted by Gasteiger charge is -2.25. The monoisotopic (exact) mass is 301 g/mol. The van der Waals surface area contributed by atoms with E-state index >= 15 is 0 Å². The van der Waals surface area contributed by atoms with Crippen LogP contribution in [0, 0.1) is 0 Å². The van der Waals surface area contributed by atoms with Crippen LogP contribution in [0.3, 0.4) is 0 Å². The molecule has 1 aromatic carbocycles. The zero-order chi connectivity index (χ0) is 14.3. The minimum atomic E-state index is -0.717. The molecule has 1 unspecified atom stereocenters. The summed E-state index contributed by atoms with van der Waals surface area (Å²) >= 11 is 0. The minimum Gasteiger partial charge on any atom is -0.497 e. The Labute approximate surface area is 127 Å². The van der Waals surface area contributed by atoms with E-state index in [1.807, 2.05) is 12.1 Å². The van der Waals surface area contributed by atoms with E-state index in [1.165, 1.54) is 5.56 Å². The summed E-state index contributed by atoms with van der Waals surface area (Å²) in [6.45, 7) is 3.06. The number of halogens is 1. The van der Waals surface area contributed by atoms with E-state index in [9.17, 15) is 4.79 Å². The van der Waals surface area contributed by atoms with Crippen LogP contribution in [0.5, 0.6) is 5.75 Å². The normalized spacial score (nSPS) is 11.8. The van der Waals surface area contributed by atoms with Crippen LogP contribution in [0.2, 0.25) is 0 Å². The summed E-state index contributed by atoms with van der Waals surface area (Å²) in [7, 11) is 3.72. The van der Waals surface area contributed by atoms with Crippen molar-refractivity contribution in [2.45, 2.75) is 32.2 Å². The van der Waals surface area contributed by atoms with Crippen molar-refractivity contribution in [3.05, 3.63) is 29.8 Å². The zero-order valence-electron chi connectivity index (χ0n) is 12.3. The first-order valence-corrected chi connectivity index (χ1v) is 6.60. The van der Waals surface area contributed by atoms with Gasteiger partial charge in [-0.15, -0.1) is 12.4 Å². The lowest BCUT2D eigenvalue weighted by molar-refractivity contribution is -0.137. The number of carbonyl (C=O) groups is 1. The second-order valence-electron chi connectivity index (χ2n) is 4.78. The molecule has 0 heterocycles. The highest BCUT2D eigenvalue weighted by Gasteiger charge is 2.11. The van der Waals surface area contributed by atoms with Crippen molar-refractivity contribution in [1.29, 1.82) is 0 Å². The highest BCUT2D eigenvalue weighted by molar-refractivity contribution is 5.85. The van der Waals surface area contributed by atoms with E-state index in [1.54, 1.807) is 7.11 Å². The summed E-state index contributed by atoms with van der Waals surface area (Å²) < 4.78 is 5.14. The van der Waals surface area contributed by atoms with Gasteiger partial charge in [0.15, 0.2) is 0 Å². The molecule has 0 aliphatic carbocycles. The van der Waals surface area contributed by atoms with Crippen molar-refractivity contribution in [1.82, 2.24) is 4.90 Å². The predicted molar refractivity (Wildman–Crippen MR) is 82.8 cm³/mol. The van der Waals surface area contributed by atoms with Gasteiger partial charge in [-0.25, -0.2) is 0 Å². The van der Waals surface area contributed by atoms with Gasteiger partial charge < -0.3 is 9.84 Å². The Hall–Kier alpha value is -1.26. The van der Waals surface area contributed by atoms with Gasteiger partial charge in [0.25, 0.3) is 0 Å². The highest BCUT2D eigenvalue weighted by atomic mass is 35.5. The highest BCUT2D eigenvalue weighted by Crippen LogP contribution is 2.21. The van der Waals surface area contributed by atoms with Gasteiger partial charge in [-0.2, -0.15) is 0 Å². The van der Waals surface area contributed by atoms with E-state index < -0.39 is 5.97 Å². The molecular formula is C15H24ClNO3. The molecule has 0 spiro atoms. The topological polar surface area (TPSA) is 49.8 Å². The van der Waals surface area contributed by atoms with Gasteiger partial charge in [0.2, 0.25) is 0 Å². The molecule has 0 aliphatic rings. The Bertz CT molecular complexity index is 395. The average Bonchev–Trinajstić information content (AvgIpc) is 2.42. The fourth-order valence-corrected chi connectivity index (χ4v) is 1.97. The first-order valence-electron chi connectivity index (χ1n) is 6.60. The van der Waals surface area contributed by atoms with Gasteiger partial charge in [-0.1, -0.05) is 12.1 Å². The Balaban J connectivity index is 0.00000361. The van der Waals surface area contributed by atoms with Gasteiger partial charge in [0.05, 0.1) is 7.11 Å². The summed E-state index contributed by atoms with van der Waals surface area (Å²) in [6, 6.07) is 8.37. The molecule has 4 nitrogen and oxygen atoms in total. The molecule has 0 saturated carbocycles. The van der Waals surface area contributed by atoms with Gasteiger partial charge in [0, 0.05) is 12.5 Å². The summed E-state index contributed by atoms with van der Waals surface area (Å²) in [6.07, 6.45) is 1.89. The average molecular weight is 302 g/mol. The zero-order valence-corrected chi connectivity index (χ0v) is 13.2. The maximum atomic E-state index is 10.4. The molecule has 1 rings (SSSR count). The van der Waals surface area contributed by atoms with Crippen LogP contribution in [0.1, 0.15) is 37.8 Å². The third kappa shape index (κ3) is 6.26. The molecule has 1 N–H and O–H groups in total. The van der Waals surface area contributed by atoms with E-state index in [4.69, 9.17) is 9.84 Å². The number of unbranched alkanes of at least 4 members (excludes halogenated alkanes) is 1. The van der Waals surface area contributed by atoms with Crippen molar-refractivity contribution in [2.75, 3.05) is 20.7 Å². The molecule has 0 amide bonds. The molecule has 114 valence electrons. The summed E-state index contributed by atoms with van der Waals surface area (Å²) in [4.78, 5) is 12.7. The molecule has 0 saturated heterocycles. The van der Waals surface area contributed by atoms with Crippen LogP contribution in [0.25, 0.3) is 0 Å². The molecule has 0 radical (unpaired) electrons. The van der Waals surface area contributed by atoms with Crippen LogP contribution >= 0.6 is 12.4 Å². The Kier molecular flexibility index (Phi) is 9.01. The molecule has 0 aromatic heterocycles. The number of rotatable bonds is 8. The molecule has 5 heteroatoms. The van der Waals surface area contributed by atoms with Crippen molar-refractivity contribution < 1.29 is 14.6 Å². The molecule has 0 fully saturated rings. The molecular weight excluding hydrogens is 278 g/mol. The second kappa shape index (κ2) is 9.61. The third-order valence-corrected chi connectivity index (χ3v) is 3.41. The molecule has 1 atom stereocenters. The van der Waals surface area contributed by atoms with Crippen molar-refractivity contribution in [2.24, 2.45) is 0 Å². The quantitative estimate of drug-likeness (QED) is 0.748. The van der Waals surface area contributed by atoms with Crippen LogP contribution in [-0.4, -0.2) is 36.7 Å². The molecule has 1 aromatic rings. The summed E-state index contributed by atoms with van der Waals surface area (Å²) in [5.41, 5.74) is 1.24. The van der Waals surface area contributed by atoms with Crippen LogP contribution in [0.4, 0.5) is 0 Å². The fraction of sp³-hybridized carbons (Fsp3) is 0.533. The SMILES string of the molecule is COc1ccc(C(C)N(C)CCCCC(=O)O)cc1.Cl. The second-order valence-corrected chi connectivity index (χ2v) is 4.78. The van der Waals surface area contributed by atoms with Gasteiger partial charge in [0.1, 0.15) is 5.75 Å². The maximum absolute atomic E-state index is 10.4. The number of ether oxygens (including phenoxy) is 1. The first kappa shape index (κ1) is 18.7. The number of hydrogen-bond acceptors (Lipinski definition) is 3. The largest absolute Gasteiger partial charge is 0.497 e. The standard InChI is InChI=1S/C15H23NO3.ClH/c1-12(13-7-9-14(19-3)10-8-13)16(2)11-5-4-6-15(17)18;/h7-10,12H,4-6,11H2,1-3H3,(H,17,18);1H. The van der Waals surface area contributed by atoms with Gasteiger partial charge in [-0.05, 0) is 51.1 Å². The number of carboxylic acids is 1. The van der Waals surface area contributed by atoms with Crippen molar-refractivity contribution in [3.8, 4) is 5.75 Å². The minimum absolute atomic E-state index is 0. The third-order valence-electron chi connectivity index (χ3n) is 3.41. The predicted octanol–water partition coefficient (Wildman–Crippen LogP) is 3.36.